The number of carbonyl (C=O) groups excluding carboxylic acids is 2. The van der Waals surface area contributed by atoms with E-state index in [-0.39, 0.29) is 11.8 Å². The molecule has 0 fully saturated rings. The SMILES string of the molecule is CCc1ccc(NC(=O)c2cccc(C(=O)NCCOC)c2)cc1. The van der Waals surface area contributed by atoms with Crippen molar-refractivity contribution in [3.8, 4) is 0 Å². The van der Waals surface area contributed by atoms with Gasteiger partial charge in [-0.3, -0.25) is 9.59 Å². The van der Waals surface area contributed by atoms with Crippen LogP contribution in [-0.4, -0.2) is 32.1 Å². The van der Waals surface area contributed by atoms with Crippen molar-refractivity contribution in [1.82, 2.24) is 5.32 Å². The van der Waals surface area contributed by atoms with Gasteiger partial charge in [0.1, 0.15) is 0 Å². The van der Waals surface area contributed by atoms with Crippen LogP contribution in [0.4, 0.5) is 5.69 Å². The molecule has 0 aromatic heterocycles. The van der Waals surface area contributed by atoms with Crippen LogP contribution >= 0.6 is 0 Å². The van der Waals surface area contributed by atoms with Crippen molar-refractivity contribution in [2.24, 2.45) is 0 Å². The highest BCUT2D eigenvalue weighted by Gasteiger charge is 2.10. The summed E-state index contributed by atoms with van der Waals surface area (Å²) in [7, 11) is 1.57. The zero-order valence-electron chi connectivity index (χ0n) is 14.0. The monoisotopic (exact) mass is 326 g/mol. The van der Waals surface area contributed by atoms with Crippen LogP contribution in [0.1, 0.15) is 33.2 Å². The highest BCUT2D eigenvalue weighted by molar-refractivity contribution is 6.06. The Morgan fingerprint density at radius 2 is 1.67 bits per heavy atom. The predicted molar refractivity (Wildman–Crippen MR) is 94.4 cm³/mol. The summed E-state index contributed by atoms with van der Waals surface area (Å²) in [6.45, 7) is 2.95. The van der Waals surface area contributed by atoms with Gasteiger partial charge in [0.05, 0.1) is 6.61 Å². The third kappa shape index (κ3) is 4.93. The van der Waals surface area contributed by atoms with Crippen molar-refractivity contribution in [2.75, 3.05) is 25.6 Å². The van der Waals surface area contributed by atoms with E-state index in [0.717, 1.165) is 12.1 Å². The number of ether oxygens (including phenoxy) is 1. The molecule has 126 valence electrons. The first-order chi connectivity index (χ1) is 11.6. The molecule has 2 aromatic carbocycles. The van der Waals surface area contributed by atoms with E-state index in [1.807, 2.05) is 24.3 Å². The predicted octanol–water partition coefficient (Wildman–Crippen LogP) is 2.88. The number of hydrogen-bond acceptors (Lipinski definition) is 3. The number of nitrogens with one attached hydrogen (secondary N) is 2. The lowest BCUT2D eigenvalue weighted by atomic mass is 10.1. The molecule has 5 nitrogen and oxygen atoms in total. The number of amides is 2. The molecule has 0 heterocycles. The van der Waals surface area contributed by atoms with Crippen molar-refractivity contribution >= 4 is 17.5 Å². The normalized spacial score (nSPS) is 10.2. The van der Waals surface area contributed by atoms with Gasteiger partial charge in [-0.2, -0.15) is 0 Å². The number of benzene rings is 2. The van der Waals surface area contributed by atoms with Gasteiger partial charge in [0.2, 0.25) is 0 Å². The van der Waals surface area contributed by atoms with E-state index in [2.05, 4.69) is 17.6 Å². The first-order valence-electron chi connectivity index (χ1n) is 7.91. The van der Waals surface area contributed by atoms with Gasteiger partial charge >= 0.3 is 0 Å². The van der Waals surface area contributed by atoms with E-state index >= 15 is 0 Å². The summed E-state index contributed by atoms with van der Waals surface area (Å²) in [6.07, 6.45) is 0.953. The average molecular weight is 326 g/mol. The minimum absolute atomic E-state index is 0.228. The summed E-state index contributed by atoms with van der Waals surface area (Å²) < 4.78 is 4.89. The van der Waals surface area contributed by atoms with Crippen LogP contribution in [0.2, 0.25) is 0 Å². The minimum Gasteiger partial charge on any atom is -0.383 e. The molecule has 2 rings (SSSR count). The van der Waals surface area contributed by atoms with Gasteiger partial charge in [0.15, 0.2) is 0 Å². The van der Waals surface area contributed by atoms with Gasteiger partial charge < -0.3 is 15.4 Å². The molecule has 0 unspecified atom stereocenters. The smallest absolute Gasteiger partial charge is 0.255 e. The Morgan fingerprint density at radius 1 is 1.00 bits per heavy atom. The largest absolute Gasteiger partial charge is 0.383 e. The van der Waals surface area contributed by atoms with Gasteiger partial charge in [-0.25, -0.2) is 0 Å². The molecule has 0 saturated carbocycles. The number of aryl methyl sites for hydroxylation is 1. The second kappa shape index (κ2) is 8.84. The van der Waals surface area contributed by atoms with E-state index in [1.54, 1.807) is 31.4 Å². The molecule has 0 saturated heterocycles. The highest BCUT2D eigenvalue weighted by atomic mass is 16.5. The molecule has 0 aliphatic carbocycles. The summed E-state index contributed by atoms with van der Waals surface area (Å²) >= 11 is 0. The van der Waals surface area contributed by atoms with Crippen LogP contribution < -0.4 is 10.6 Å². The second-order valence-corrected chi connectivity index (χ2v) is 5.33. The van der Waals surface area contributed by atoms with Crippen LogP contribution in [-0.2, 0) is 11.2 Å². The van der Waals surface area contributed by atoms with E-state index in [4.69, 9.17) is 4.74 Å². The molecule has 0 aliphatic rings. The van der Waals surface area contributed by atoms with Crippen LogP contribution in [0.3, 0.4) is 0 Å². The Morgan fingerprint density at radius 3 is 2.29 bits per heavy atom. The van der Waals surface area contributed by atoms with Crippen LogP contribution in [0.25, 0.3) is 0 Å². The van der Waals surface area contributed by atoms with Gasteiger partial charge in [-0.15, -0.1) is 0 Å². The molecule has 24 heavy (non-hydrogen) atoms. The number of anilines is 1. The Balaban J connectivity index is 2.03. The van der Waals surface area contributed by atoms with Crippen molar-refractivity contribution in [3.05, 3.63) is 65.2 Å². The zero-order valence-corrected chi connectivity index (χ0v) is 14.0. The van der Waals surface area contributed by atoms with E-state index in [0.29, 0.717) is 24.3 Å². The molecule has 2 aromatic rings. The third-order valence-corrected chi connectivity index (χ3v) is 3.60. The molecule has 0 radical (unpaired) electrons. The lowest BCUT2D eigenvalue weighted by molar-refractivity contribution is 0.0937. The average Bonchev–Trinajstić information content (AvgIpc) is 2.62. The second-order valence-electron chi connectivity index (χ2n) is 5.33. The molecule has 5 heteroatoms. The number of methoxy groups -OCH3 is 1. The molecular formula is C19H22N2O3. The quantitative estimate of drug-likeness (QED) is 0.769. The number of hydrogen-bond donors (Lipinski definition) is 2. The summed E-state index contributed by atoms with van der Waals surface area (Å²) in [5.41, 5.74) is 2.82. The van der Waals surface area contributed by atoms with Crippen molar-refractivity contribution < 1.29 is 14.3 Å². The minimum atomic E-state index is -0.245. The summed E-state index contributed by atoms with van der Waals surface area (Å²) in [6, 6.07) is 14.3. The van der Waals surface area contributed by atoms with Crippen molar-refractivity contribution in [3.63, 3.8) is 0 Å². The maximum Gasteiger partial charge on any atom is 0.255 e. The van der Waals surface area contributed by atoms with E-state index < -0.39 is 0 Å². The van der Waals surface area contributed by atoms with Gasteiger partial charge in [0, 0.05) is 30.5 Å². The van der Waals surface area contributed by atoms with Crippen LogP contribution in [0.5, 0.6) is 0 Å². The Hall–Kier alpha value is -2.66. The van der Waals surface area contributed by atoms with Crippen molar-refractivity contribution in [1.29, 1.82) is 0 Å². The van der Waals surface area contributed by atoms with Crippen LogP contribution in [0, 0.1) is 0 Å². The van der Waals surface area contributed by atoms with Gasteiger partial charge in [0.25, 0.3) is 11.8 Å². The Labute approximate surface area is 142 Å². The van der Waals surface area contributed by atoms with Gasteiger partial charge in [-0.1, -0.05) is 25.1 Å². The number of rotatable bonds is 7. The first kappa shape index (κ1) is 17.7. The Bertz CT molecular complexity index is 696. The van der Waals surface area contributed by atoms with Crippen LogP contribution in [0.15, 0.2) is 48.5 Å². The Kier molecular flexibility index (Phi) is 6.51. The maximum absolute atomic E-state index is 12.3. The molecule has 2 N–H and O–H groups in total. The fraction of sp³-hybridized carbons (Fsp3) is 0.263. The van der Waals surface area contributed by atoms with Gasteiger partial charge in [-0.05, 0) is 42.3 Å². The summed E-state index contributed by atoms with van der Waals surface area (Å²) in [5, 5.41) is 5.57. The summed E-state index contributed by atoms with van der Waals surface area (Å²) in [4.78, 5) is 24.4. The first-order valence-corrected chi connectivity index (χ1v) is 7.91. The molecular weight excluding hydrogens is 304 g/mol. The molecule has 0 spiro atoms. The molecule has 0 atom stereocenters. The molecule has 2 amide bonds. The fourth-order valence-corrected chi connectivity index (χ4v) is 2.20. The fourth-order valence-electron chi connectivity index (χ4n) is 2.20. The number of carbonyl (C=O) groups is 2. The maximum atomic E-state index is 12.3. The lowest BCUT2D eigenvalue weighted by Crippen LogP contribution is -2.27. The third-order valence-electron chi connectivity index (χ3n) is 3.60. The zero-order chi connectivity index (χ0) is 17.4. The standard InChI is InChI=1S/C19H22N2O3/c1-3-14-7-9-17(10-8-14)21-19(23)16-6-4-5-15(13-16)18(22)20-11-12-24-2/h4-10,13H,3,11-12H2,1-2H3,(H,20,22)(H,21,23). The highest BCUT2D eigenvalue weighted by Crippen LogP contribution is 2.13. The van der Waals surface area contributed by atoms with E-state index in [1.165, 1.54) is 5.56 Å². The van der Waals surface area contributed by atoms with E-state index in [9.17, 15) is 9.59 Å². The topological polar surface area (TPSA) is 67.4 Å². The summed E-state index contributed by atoms with van der Waals surface area (Å²) in [5.74, 6) is -0.472. The molecule has 0 aliphatic heterocycles. The van der Waals surface area contributed by atoms with Crippen molar-refractivity contribution in [2.45, 2.75) is 13.3 Å². The lowest BCUT2D eigenvalue weighted by Gasteiger charge is -2.08. The molecule has 0 bridgehead atoms.